The van der Waals surface area contributed by atoms with Crippen LogP contribution in [0.2, 0.25) is 0 Å². The molecule has 0 aliphatic carbocycles. The predicted molar refractivity (Wildman–Crippen MR) is 33.2 cm³/mol. The van der Waals surface area contributed by atoms with Gasteiger partial charge in [0.25, 0.3) is 0 Å². The van der Waals surface area contributed by atoms with Gasteiger partial charge < -0.3 is 10.6 Å². The van der Waals surface area contributed by atoms with Crippen LogP contribution in [0.15, 0.2) is 12.7 Å². The van der Waals surface area contributed by atoms with E-state index in [1.54, 1.807) is 6.08 Å². The molecule has 0 saturated carbocycles. The van der Waals surface area contributed by atoms with Crippen LogP contribution in [-0.2, 0) is 4.79 Å². The first-order chi connectivity index (χ1) is 4.18. The smallest absolute Gasteiger partial charge is 0.411 e. The zero-order valence-corrected chi connectivity index (χ0v) is 5.11. The maximum absolute atomic E-state index is 9.29. The molecule has 0 aromatic carbocycles. The van der Waals surface area contributed by atoms with Crippen molar-refractivity contribution in [1.82, 2.24) is 0 Å². The molecule has 0 saturated heterocycles. The largest absolute Gasteiger partial charge is 0.473 e. The Labute approximate surface area is 53.1 Å². The van der Waals surface area contributed by atoms with Gasteiger partial charge in [0, 0.05) is 0 Å². The normalized spacial score (nSPS) is 5.44. The van der Waals surface area contributed by atoms with E-state index in [4.69, 9.17) is 10.6 Å². The first-order valence-corrected chi connectivity index (χ1v) is 2.16. The SMILES string of the molecule is C=CC.[N-]=[N+]=CC(=O)O. The van der Waals surface area contributed by atoms with Crippen LogP contribution in [0, 0.1) is 0 Å². The molecule has 0 spiro atoms. The number of carboxylic acids is 1. The lowest BCUT2D eigenvalue weighted by Crippen LogP contribution is -1.94. The molecule has 0 aliphatic heterocycles. The third-order valence-electron chi connectivity index (χ3n) is 0.168. The Balaban J connectivity index is 0. The summed E-state index contributed by atoms with van der Waals surface area (Å²) in [6, 6.07) is 0. The molecule has 0 atom stereocenters. The van der Waals surface area contributed by atoms with Gasteiger partial charge in [0.2, 0.25) is 0 Å². The fourth-order valence-corrected chi connectivity index (χ4v) is 0.0494. The molecule has 0 aromatic heterocycles. The van der Waals surface area contributed by atoms with E-state index in [2.05, 4.69) is 11.4 Å². The van der Waals surface area contributed by atoms with Crippen molar-refractivity contribution in [3.63, 3.8) is 0 Å². The maximum Gasteiger partial charge on any atom is 0.411 e. The van der Waals surface area contributed by atoms with Crippen molar-refractivity contribution >= 4 is 12.2 Å². The Hall–Kier alpha value is -1.41. The summed E-state index contributed by atoms with van der Waals surface area (Å²) in [7, 11) is 0. The number of aliphatic carboxylic acids is 1. The van der Waals surface area contributed by atoms with E-state index in [0.717, 1.165) is 0 Å². The zero-order valence-electron chi connectivity index (χ0n) is 5.11. The maximum atomic E-state index is 9.29. The minimum Gasteiger partial charge on any atom is -0.473 e. The number of carboxylic acid groups (broad SMARTS) is 1. The first-order valence-electron chi connectivity index (χ1n) is 2.16. The van der Waals surface area contributed by atoms with E-state index in [1.807, 2.05) is 6.92 Å². The van der Waals surface area contributed by atoms with Crippen molar-refractivity contribution in [1.29, 1.82) is 0 Å². The van der Waals surface area contributed by atoms with Crippen LogP contribution in [0.5, 0.6) is 0 Å². The quantitative estimate of drug-likeness (QED) is 0.242. The second-order valence-electron chi connectivity index (χ2n) is 0.991. The van der Waals surface area contributed by atoms with Crippen LogP contribution in [-0.4, -0.2) is 22.1 Å². The predicted octanol–water partition coefficient (Wildman–Crippen LogP) is 0.564. The van der Waals surface area contributed by atoms with Crippen molar-refractivity contribution < 1.29 is 14.7 Å². The molecule has 0 aromatic rings. The number of hydrogen-bond acceptors (Lipinski definition) is 1. The second kappa shape index (κ2) is 9.77. The van der Waals surface area contributed by atoms with Crippen LogP contribution >= 0.6 is 0 Å². The molecule has 0 radical (unpaired) electrons. The fraction of sp³-hybridized carbons (Fsp3) is 0.200. The van der Waals surface area contributed by atoms with E-state index < -0.39 is 5.97 Å². The van der Waals surface area contributed by atoms with Gasteiger partial charge in [0.1, 0.15) is 0 Å². The Kier molecular flexibility index (Phi) is 11.5. The second-order valence-corrected chi connectivity index (χ2v) is 0.991. The van der Waals surface area contributed by atoms with Gasteiger partial charge in [-0.1, -0.05) is 6.08 Å². The highest BCUT2D eigenvalue weighted by molar-refractivity contribution is 6.19. The molecule has 4 nitrogen and oxygen atoms in total. The van der Waals surface area contributed by atoms with Gasteiger partial charge in [0.05, 0.1) is 0 Å². The molecular formula is C5H8N2O2. The average Bonchev–Trinajstić information content (AvgIpc) is 1.67. The van der Waals surface area contributed by atoms with Crippen LogP contribution in [0.25, 0.3) is 5.53 Å². The summed E-state index contributed by atoms with van der Waals surface area (Å²) < 4.78 is 0. The Bertz CT molecular complexity index is 136. The van der Waals surface area contributed by atoms with Crippen molar-refractivity contribution in [2.75, 3.05) is 0 Å². The molecule has 0 heterocycles. The topological polar surface area (TPSA) is 73.7 Å². The summed E-state index contributed by atoms with van der Waals surface area (Å²) in [5.41, 5.74) is 7.43. The van der Waals surface area contributed by atoms with E-state index in [9.17, 15) is 4.79 Å². The Morgan fingerprint density at radius 1 is 1.89 bits per heavy atom. The minimum atomic E-state index is -1.25. The summed E-state index contributed by atoms with van der Waals surface area (Å²) in [5, 5.41) is 7.60. The molecule has 0 unspecified atom stereocenters. The van der Waals surface area contributed by atoms with Gasteiger partial charge >= 0.3 is 12.2 Å². The highest BCUT2D eigenvalue weighted by atomic mass is 16.4. The monoisotopic (exact) mass is 128 g/mol. The van der Waals surface area contributed by atoms with Gasteiger partial charge in [-0.15, -0.1) is 6.58 Å². The Morgan fingerprint density at radius 3 is 2.22 bits per heavy atom. The molecule has 0 aliphatic rings. The number of carbonyl (C=O) groups is 1. The van der Waals surface area contributed by atoms with Crippen LogP contribution in [0.3, 0.4) is 0 Å². The number of rotatable bonds is 1. The van der Waals surface area contributed by atoms with Crippen LogP contribution in [0.4, 0.5) is 0 Å². The molecule has 0 fully saturated rings. The van der Waals surface area contributed by atoms with Gasteiger partial charge in [0.15, 0.2) is 0 Å². The van der Waals surface area contributed by atoms with Crippen molar-refractivity contribution in [2.45, 2.75) is 6.92 Å². The molecule has 0 amide bonds. The van der Waals surface area contributed by atoms with Crippen molar-refractivity contribution in [3.8, 4) is 0 Å². The van der Waals surface area contributed by atoms with Gasteiger partial charge in [-0.05, 0) is 6.92 Å². The van der Waals surface area contributed by atoms with Crippen molar-refractivity contribution in [3.05, 3.63) is 18.2 Å². The van der Waals surface area contributed by atoms with Crippen LogP contribution in [0.1, 0.15) is 6.92 Å². The summed E-state index contributed by atoms with van der Waals surface area (Å²) in [6.45, 7) is 5.25. The Morgan fingerprint density at radius 2 is 2.22 bits per heavy atom. The third kappa shape index (κ3) is 54.9. The molecule has 0 bridgehead atoms. The summed E-state index contributed by atoms with van der Waals surface area (Å²) in [5.74, 6) is -1.25. The summed E-state index contributed by atoms with van der Waals surface area (Å²) in [4.78, 5) is 11.5. The van der Waals surface area contributed by atoms with E-state index in [1.165, 1.54) is 0 Å². The average molecular weight is 128 g/mol. The van der Waals surface area contributed by atoms with Crippen molar-refractivity contribution in [2.24, 2.45) is 0 Å². The van der Waals surface area contributed by atoms with Gasteiger partial charge in [-0.3, -0.25) is 0 Å². The lowest BCUT2D eigenvalue weighted by Gasteiger charge is -1.57. The van der Waals surface area contributed by atoms with E-state index >= 15 is 0 Å². The number of allylic oxidation sites excluding steroid dienone is 1. The molecule has 4 heteroatoms. The third-order valence-corrected chi connectivity index (χ3v) is 0.168. The molecule has 0 rings (SSSR count). The fourth-order valence-electron chi connectivity index (χ4n) is 0.0494. The standard InChI is InChI=1S/C3H6.C2H2N2O2/c1-3-2;3-4-1-2(5)6/h3H,1H2,2H3;1H,(H,5,6). The molecule has 50 valence electrons. The van der Waals surface area contributed by atoms with E-state index in [0.29, 0.717) is 6.21 Å². The minimum absolute atomic E-state index is 0.389. The number of nitrogens with zero attached hydrogens (tertiary/aromatic N) is 2. The molecule has 9 heavy (non-hydrogen) atoms. The lowest BCUT2D eigenvalue weighted by atomic mass is 10.8. The lowest BCUT2D eigenvalue weighted by molar-refractivity contribution is -0.132. The summed E-state index contributed by atoms with van der Waals surface area (Å²) in [6.07, 6.45) is 2.14. The first kappa shape index (κ1) is 10.5. The highest BCUT2D eigenvalue weighted by Crippen LogP contribution is 1.41. The van der Waals surface area contributed by atoms with Gasteiger partial charge in [-0.2, -0.15) is 4.79 Å². The molecule has 1 N–H and O–H groups in total. The zero-order chi connectivity index (χ0) is 7.70. The number of hydrogen-bond donors (Lipinski definition) is 1. The highest BCUT2D eigenvalue weighted by Gasteiger charge is 1.88. The van der Waals surface area contributed by atoms with Gasteiger partial charge in [-0.25, -0.2) is 4.79 Å². The van der Waals surface area contributed by atoms with Crippen LogP contribution < -0.4 is 0 Å². The molecular weight excluding hydrogens is 120 g/mol. The summed E-state index contributed by atoms with van der Waals surface area (Å²) >= 11 is 0. The van der Waals surface area contributed by atoms with E-state index in [-0.39, 0.29) is 0 Å².